The SMILES string of the molecule is Cn1ccnc1C(O)C1CCN(CCOc2cccc(C#N)c2)CC1. The lowest BCUT2D eigenvalue weighted by Gasteiger charge is -2.33. The first-order valence-electron chi connectivity index (χ1n) is 8.68. The molecule has 1 unspecified atom stereocenters. The highest BCUT2D eigenvalue weighted by molar-refractivity contribution is 5.36. The molecule has 1 saturated heterocycles. The maximum absolute atomic E-state index is 10.5. The van der Waals surface area contributed by atoms with Gasteiger partial charge in [0, 0.05) is 26.0 Å². The van der Waals surface area contributed by atoms with E-state index >= 15 is 0 Å². The molecule has 132 valence electrons. The Morgan fingerprint density at radius 1 is 1.40 bits per heavy atom. The number of ether oxygens (including phenoxy) is 1. The van der Waals surface area contributed by atoms with Crippen LogP contribution in [0.1, 0.15) is 30.3 Å². The van der Waals surface area contributed by atoms with Gasteiger partial charge in [0.1, 0.15) is 24.3 Å². The van der Waals surface area contributed by atoms with Crippen LogP contribution in [0.4, 0.5) is 0 Å². The van der Waals surface area contributed by atoms with E-state index in [-0.39, 0.29) is 5.92 Å². The third kappa shape index (κ3) is 4.38. The maximum atomic E-state index is 10.5. The van der Waals surface area contributed by atoms with Gasteiger partial charge in [0.05, 0.1) is 11.6 Å². The van der Waals surface area contributed by atoms with E-state index in [1.165, 1.54) is 0 Å². The van der Waals surface area contributed by atoms with Crippen LogP contribution in [-0.2, 0) is 7.05 Å². The van der Waals surface area contributed by atoms with E-state index in [0.717, 1.165) is 44.0 Å². The molecule has 2 aromatic rings. The lowest BCUT2D eigenvalue weighted by molar-refractivity contribution is 0.0478. The quantitative estimate of drug-likeness (QED) is 0.872. The van der Waals surface area contributed by atoms with Crippen LogP contribution in [0.15, 0.2) is 36.7 Å². The second-order valence-corrected chi connectivity index (χ2v) is 6.51. The average Bonchev–Trinajstić information content (AvgIpc) is 3.08. The van der Waals surface area contributed by atoms with Crippen LogP contribution >= 0.6 is 0 Å². The Balaban J connectivity index is 1.42. The molecule has 0 amide bonds. The number of likely N-dealkylation sites (tertiary alicyclic amines) is 1. The summed E-state index contributed by atoms with van der Waals surface area (Å²) in [5.41, 5.74) is 0.613. The van der Waals surface area contributed by atoms with Crippen molar-refractivity contribution in [2.45, 2.75) is 18.9 Å². The Bertz CT molecular complexity index is 729. The van der Waals surface area contributed by atoms with Crippen LogP contribution in [-0.4, -0.2) is 45.8 Å². The van der Waals surface area contributed by atoms with Crippen molar-refractivity contribution < 1.29 is 9.84 Å². The van der Waals surface area contributed by atoms with Crippen molar-refractivity contribution in [2.24, 2.45) is 13.0 Å². The van der Waals surface area contributed by atoms with E-state index < -0.39 is 6.10 Å². The van der Waals surface area contributed by atoms with Crippen molar-refractivity contribution in [2.75, 3.05) is 26.2 Å². The van der Waals surface area contributed by atoms with Crippen molar-refractivity contribution in [3.63, 3.8) is 0 Å². The molecule has 6 heteroatoms. The van der Waals surface area contributed by atoms with Gasteiger partial charge in [-0.05, 0) is 50.0 Å². The number of benzene rings is 1. The van der Waals surface area contributed by atoms with E-state index in [0.29, 0.717) is 12.2 Å². The summed E-state index contributed by atoms with van der Waals surface area (Å²) in [7, 11) is 1.92. The zero-order chi connectivity index (χ0) is 17.6. The minimum Gasteiger partial charge on any atom is -0.492 e. The number of rotatable bonds is 6. The van der Waals surface area contributed by atoms with Gasteiger partial charge in [-0.25, -0.2) is 4.98 Å². The molecule has 1 fully saturated rings. The number of aromatic nitrogens is 2. The summed E-state index contributed by atoms with van der Waals surface area (Å²) in [4.78, 5) is 6.62. The molecule has 1 atom stereocenters. The summed E-state index contributed by atoms with van der Waals surface area (Å²) < 4.78 is 7.63. The number of hydrogen-bond donors (Lipinski definition) is 1. The number of nitriles is 1. The zero-order valence-corrected chi connectivity index (χ0v) is 14.5. The molecule has 25 heavy (non-hydrogen) atoms. The summed E-state index contributed by atoms with van der Waals surface area (Å²) in [5, 5.41) is 19.4. The first kappa shape index (κ1) is 17.5. The van der Waals surface area contributed by atoms with Crippen LogP contribution in [0.25, 0.3) is 0 Å². The first-order chi connectivity index (χ1) is 12.2. The van der Waals surface area contributed by atoms with Gasteiger partial charge < -0.3 is 14.4 Å². The van der Waals surface area contributed by atoms with Gasteiger partial charge in [0.25, 0.3) is 0 Å². The summed E-state index contributed by atoms with van der Waals surface area (Å²) >= 11 is 0. The highest BCUT2D eigenvalue weighted by Gasteiger charge is 2.28. The second kappa shape index (κ2) is 8.15. The molecule has 1 N–H and O–H groups in total. The third-order valence-corrected chi connectivity index (χ3v) is 4.84. The second-order valence-electron chi connectivity index (χ2n) is 6.51. The minimum atomic E-state index is -0.493. The average molecular weight is 340 g/mol. The van der Waals surface area contributed by atoms with Crippen molar-refractivity contribution >= 4 is 0 Å². The summed E-state index contributed by atoms with van der Waals surface area (Å²) in [6.07, 6.45) is 5.02. The molecular weight excluding hydrogens is 316 g/mol. The maximum Gasteiger partial charge on any atom is 0.137 e. The van der Waals surface area contributed by atoms with E-state index in [2.05, 4.69) is 16.0 Å². The Kier molecular flexibility index (Phi) is 5.69. The lowest BCUT2D eigenvalue weighted by Crippen LogP contribution is -2.38. The molecule has 1 aliphatic rings. The van der Waals surface area contributed by atoms with Crippen molar-refractivity contribution in [3.8, 4) is 11.8 Å². The molecule has 0 aliphatic carbocycles. The smallest absolute Gasteiger partial charge is 0.137 e. The molecule has 1 aromatic carbocycles. The largest absolute Gasteiger partial charge is 0.492 e. The van der Waals surface area contributed by atoms with Gasteiger partial charge in [0.2, 0.25) is 0 Å². The molecule has 1 aliphatic heterocycles. The normalized spacial score (nSPS) is 17.2. The number of imidazole rings is 1. The van der Waals surface area contributed by atoms with Crippen molar-refractivity contribution in [3.05, 3.63) is 48.0 Å². The van der Waals surface area contributed by atoms with Gasteiger partial charge in [-0.1, -0.05) is 6.07 Å². The Labute approximate surface area is 148 Å². The van der Waals surface area contributed by atoms with Gasteiger partial charge >= 0.3 is 0 Å². The van der Waals surface area contributed by atoms with Crippen LogP contribution < -0.4 is 4.74 Å². The van der Waals surface area contributed by atoms with E-state index in [1.807, 2.05) is 29.9 Å². The fourth-order valence-electron chi connectivity index (χ4n) is 3.31. The fourth-order valence-corrected chi connectivity index (χ4v) is 3.31. The van der Waals surface area contributed by atoms with Gasteiger partial charge in [0.15, 0.2) is 0 Å². The lowest BCUT2D eigenvalue weighted by atomic mass is 9.91. The molecule has 3 rings (SSSR count). The Hall–Kier alpha value is -2.36. The monoisotopic (exact) mass is 340 g/mol. The molecule has 1 aromatic heterocycles. The highest BCUT2D eigenvalue weighted by atomic mass is 16.5. The summed E-state index contributed by atoms with van der Waals surface area (Å²) in [5.74, 6) is 1.74. The molecule has 0 saturated carbocycles. The Morgan fingerprint density at radius 2 is 2.20 bits per heavy atom. The van der Waals surface area contributed by atoms with Gasteiger partial charge in [-0.15, -0.1) is 0 Å². The standard InChI is InChI=1S/C19H24N4O2/c1-22-10-7-21-19(22)18(24)16-5-8-23(9-6-16)11-12-25-17-4-2-3-15(13-17)14-20/h2-4,7,10,13,16,18,24H,5-6,8-9,11-12H2,1H3. The van der Waals surface area contributed by atoms with E-state index in [4.69, 9.17) is 10.00 Å². The van der Waals surface area contributed by atoms with Crippen LogP contribution in [0, 0.1) is 17.2 Å². The summed E-state index contributed by atoms with van der Waals surface area (Å²) in [6.45, 7) is 3.35. The number of piperidine rings is 1. The van der Waals surface area contributed by atoms with Crippen molar-refractivity contribution in [1.29, 1.82) is 5.26 Å². The molecular formula is C19H24N4O2. The number of aliphatic hydroxyl groups excluding tert-OH is 1. The number of hydrogen-bond acceptors (Lipinski definition) is 5. The minimum absolute atomic E-state index is 0.255. The Morgan fingerprint density at radius 3 is 2.88 bits per heavy atom. The zero-order valence-electron chi connectivity index (χ0n) is 14.5. The summed E-state index contributed by atoms with van der Waals surface area (Å²) in [6, 6.07) is 9.35. The van der Waals surface area contributed by atoms with Crippen molar-refractivity contribution in [1.82, 2.24) is 14.5 Å². The van der Waals surface area contributed by atoms with Crippen LogP contribution in [0.5, 0.6) is 5.75 Å². The predicted molar refractivity (Wildman–Crippen MR) is 94.0 cm³/mol. The highest BCUT2D eigenvalue weighted by Crippen LogP contribution is 2.29. The molecule has 6 nitrogen and oxygen atoms in total. The van der Waals surface area contributed by atoms with E-state index in [1.54, 1.807) is 18.3 Å². The molecule has 0 bridgehead atoms. The van der Waals surface area contributed by atoms with Gasteiger partial charge in [-0.2, -0.15) is 5.26 Å². The van der Waals surface area contributed by atoms with Crippen LogP contribution in [0.3, 0.4) is 0 Å². The predicted octanol–water partition coefficient (Wildman–Crippen LogP) is 2.12. The molecule has 0 spiro atoms. The number of aliphatic hydroxyl groups is 1. The molecule has 2 heterocycles. The third-order valence-electron chi connectivity index (χ3n) is 4.84. The number of nitrogens with zero attached hydrogens (tertiary/aromatic N) is 4. The first-order valence-corrected chi connectivity index (χ1v) is 8.68. The van der Waals surface area contributed by atoms with Crippen LogP contribution in [0.2, 0.25) is 0 Å². The molecule has 0 radical (unpaired) electrons. The fraction of sp³-hybridized carbons (Fsp3) is 0.474. The van der Waals surface area contributed by atoms with Gasteiger partial charge in [-0.3, -0.25) is 4.90 Å². The topological polar surface area (TPSA) is 74.3 Å². The number of aryl methyl sites for hydroxylation is 1. The van der Waals surface area contributed by atoms with E-state index in [9.17, 15) is 5.11 Å².